The van der Waals surface area contributed by atoms with Crippen molar-refractivity contribution < 1.29 is 4.74 Å². The quantitative estimate of drug-likeness (QED) is 0.791. The Hall–Kier alpha value is -0.280. The van der Waals surface area contributed by atoms with Crippen molar-refractivity contribution in [1.82, 2.24) is 5.32 Å². The molecule has 0 heterocycles. The standard InChI is InChI=1S/C10H13Cl2NO/c1-14-5-4-13-7-8-2-3-9(11)10(12)6-8/h2-3,6,13H,4-5,7H2,1H3. The highest BCUT2D eigenvalue weighted by Crippen LogP contribution is 2.22. The summed E-state index contributed by atoms with van der Waals surface area (Å²) in [5.41, 5.74) is 1.12. The molecule has 0 unspecified atom stereocenters. The molecule has 2 nitrogen and oxygen atoms in total. The number of ether oxygens (including phenoxy) is 1. The van der Waals surface area contributed by atoms with Crippen molar-refractivity contribution >= 4 is 23.2 Å². The molecule has 78 valence electrons. The normalized spacial score (nSPS) is 10.5. The lowest BCUT2D eigenvalue weighted by Crippen LogP contribution is -2.18. The Labute approximate surface area is 94.2 Å². The summed E-state index contributed by atoms with van der Waals surface area (Å²) in [6.45, 7) is 2.32. The molecule has 0 radical (unpaired) electrons. The molecule has 1 rings (SSSR count). The molecule has 0 aliphatic heterocycles. The third-order valence-electron chi connectivity index (χ3n) is 1.80. The van der Waals surface area contributed by atoms with E-state index in [1.807, 2.05) is 12.1 Å². The van der Waals surface area contributed by atoms with Crippen LogP contribution in [0.5, 0.6) is 0 Å². The number of nitrogens with one attached hydrogen (secondary N) is 1. The van der Waals surface area contributed by atoms with Crippen LogP contribution < -0.4 is 5.32 Å². The first-order valence-electron chi connectivity index (χ1n) is 4.37. The molecule has 1 aromatic rings. The van der Waals surface area contributed by atoms with Crippen molar-refractivity contribution in [1.29, 1.82) is 0 Å². The second-order valence-corrected chi connectivity index (χ2v) is 3.73. The van der Waals surface area contributed by atoms with E-state index in [4.69, 9.17) is 27.9 Å². The van der Waals surface area contributed by atoms with E-state index in [-0.39, 0.29) is 0 Å². The second-order valence-electron chi connectivity index (χ2n) is 2.92. The van der Waals surface area contributed by atoms with E-state index in [9.17, 15) is 0 Å². The summed E-state index contributed by atoms with van der Waals surface area (Å²) in [4.78, 5) is 0. The molecular formula is C10H13Cl2NO. The fraction of sp³-hybridized carbons (Fsp3) is 0.400. The first-order chi connectivity index (χ1) is 6.74. The first kappa shape index (κ1) is 11.8. The summed E-state index contributed by atoms with van der Waals surface area (Å²) < 4.78 is 4.91. The maximum absolute atomic E-state index is 5.87. The summed E-state index contributed by atoms with van der Waals surface area (Å²) >= 11 is 11.7. The fourth-order valence-electron chi connectivity index (χ4n) is 1.06. The fourth-order valence-corrected chi connectivity index (χ4v) is 1.38. The Morgan fingerprint density at radius 3 is 2.71 bits per heavy atom. The zero-order valence-corrected chi connectivity index (χ0v) is 9.53. The third-order valence-corrected chi connectivity index (χ3v) is 2.54. The van der Waals surface area contributed by atoms with Crippen molar-refractivity contribution in [3.63, 3.8) is 0 Å². The van der Waals surface area contributed by atoms with Crippen LogP contribution in [-0.4, -0.2) is 20.3 Å². The van der Waals surface area contributed by atoms with Crippen LogP contribution in [0.2, 0.25) is 10.0 Å². The monoisotopic (exact) mass is 233 g/mol. The molecule has 0 fully saturated rings. The van der Waals surface area contributed by atoms with Gasteiger partial charge in [0.25, 0.3) is 0 Å². The van der Waals surface area contributed by atoms with Gasteiger partial charge < -0.3 is 10.1 Å². The molecule has 0 aliphatic carbocycles. The predicted molar refractivity (Wildman–Crippen MR) is 60.0 cm³/mol. The van der Waals surface area contributed by atoms with E-state index in [2.05, 4.69) is 5.32 Å². The van der Waals surface area contributed by atoms with Crippen LogP contribution in [0, 0.1) is 0 Å². The zero-order chi connectivity index (χ0) is 10.4. The number of hydrogen-bond donors (Lipinski definition) is 1. The lowest BCUT2D eigenvalue weighted by atomic mass is 10.2. The van der Waals surface area contributed by atoms with Crippen LogP contribution in [0.1, 0.15) is 5.56 Å². The van der Waals surface area contributed by atoms with Gasteiger partial charge in [-0.25, -0.2) is 0 Å². The molecule has 0 amide bonds. The Morgan fingerprint density at radius 2 is 2.07 bits per heavy atom. The summed E-state index contributed by atoms with van der Waals surface area (Å²) in [6.07, 6.45) is 0. The van der Waals surface area contributed by atoms with Gasteiger partial charge in [-0.05, 0) is 17.7 Å². The van der Waals surface area contributed by atoms with Gasteiger partial charge in [0.15, 0.2) is 0 Å². The minimum absolute atomic E-state index is 0.590. The van der Waals surface area contributed by atoms with E-state index in [1.54, 1.807) is 13.2 Å². The minimum atomic E-state index is 0.590. The Balaban J connectivity index is 2.39. The predicted octanol–water partition coefficient (Wildman–Crippen LogP) is 2.73. The second kappa shape index (κ2) is 6.25. The van der Waals surface area contributed by atoms with Crippen LogP contribution in [0.4, 0.5) is 0 Å². The maximum atomic E-state index is 5.87. The molecule has 0 spiro atoms. The minimum Gasteiger partial charge on any atom is -0.383 e. The lowest BCUT2D eigenvalue weighted by Gasteiger charge is -2.05. The van der Waals surface area contributed by atoms with Crippen LogP contribution in [0.25, 0.3) is 0 Å². The van der Waals surface area contributed by atoms with Gasteiger partial charge in [-0.2, -0.15) is 0 Å². The van der Waals surface area contributed by atoms with E-state index in [0.29, 0.717) is 16.7 Å². The van der Waals surface area contributed by atoms with Crippen LogP contribution >= 0.6 is 23.2 Å². The van der Waals surface area contributed by atoms with Gasteiger partial charge in [-0.15, -0.1) is 0 Å². The van der Waals surface area contributed by atoms with Gasteiger partial charge in [0.05, 0.1) is 16.7 Å². The molecule has 0 aliphatic rings. The maximum Gasteiger partial charge on any atom is 0.0595 e. The van der Waals surface area contributed by atoms with E-state index < -0.39 is 0 Å². The first-order valence-corrected chi connectivity index (χ1v) is 5.13. The summed E-state index contributed by atoms with van der Waals surface area (Å²) in [7, 11) is 1.68. The van der Waals surface area contributed by atoms with Gasteiger partial charge in [0.1, 0.15) is 0 Å². The molecule has 0 saturated heterocycles. The molecule has 1 aromatic carbocycles. The molecule has 0 aromatic heterocycles. The van der Waals surface area contributed by atoms with E-state index in [0.717, 1.165) is 18.7 Å². The van der Waals surface area contributed by atoms with Crippen LogP contribution in [0.3, 0.4) is 0 Å². The van der Waals surface area contributed by atoms with Crippen molar-refractivity contribution in [2.45, 2.75) is 6.54 Å². The number of benzene rings is 1. The molecule has 0 saturated carbocycles. The summed E-state index contributed by atoms with van der Waals surface area (Å²) in [5.74, 6) is 0. The molecule has 14 heavy (non-hydrogen) atoms. The average molecular weight is 234 g/mol. The van der Waals surface area contributed by atoms with Crippen molar-refractivity contribution in [2.24, 2.45) is 0 Å². The van der Waals surface area contributed by atoms with Crippen LogP contribution in [0.15, 0.2) is 18.2 Å². The van der Waals surface area contributed by atoms with Gasteiger partial charge in [-0.1, -0.05) is 29.3 Å². The molecule has 4 heteroatoms. The van der Waals surface area contributed by atoms with E-state index >= 15 is 0 Å². The third kappa shape index (κ3) is 3.84. The number of rotatable bonds is 5. The van der Waals surface area contributed by atoms with E-state index in [1.165, 1.54) is 0 Å². The van der Waals surface area contributed by atoms with Crippen molar-refractivity contribution in [2.75, 3.05) is 20.3 Å². The highest BCUT2D eigenvalue weighted by molar-refractivity contribution is 6.41. The lowest BCUT2D eigenvalue weighted by molar-refractivity contribution is 0.199. The summed E-state index contributed by atoms with van der Waals surface area (Å²) in [6, 6.07) is 5.62. The largest absolute Gasteiger partial charge is 0.383 e. The van der Waals surface area contributed by atoms with Gasteiger partial charge in [0, 0.05) is 20.2 Å². The molecule has 0 bridgehead atoms. The smallest absolute Gasteiger partial charge is 0.0595 e. The number of halogens is 2. The summed E-state index contributed by atoms with van der Waals surface area (Å²) in [5, 5.41) is 4.41. The van der Waals surface area contributed by atoms with Gasteiger partial charge in [-0.3, -0.25) is 0 Å². The van der Waals surface area contributed by atoms with Crippen molar-refractivity contribution in [3.05, 3.63) is 33.8 Å². The SMILES string of the molecule is COCCNCc1ccc(Cl)c(Cl)c1. The highest BCUT2D eigenvalue weighted by atomic mass is 35.5. The van der Waals surface area contributed by atoms with Crippen LogP contribution in [-0.2, 0) is 11.3 Å². The zero-order valence-electron chi connectivity index (χ0n) is 8.02. The highest BCUT2D eigenvalue weighted by Gasteiger charge is 1.98. The Bertz CT molecular complexity index is 291. The number of hydrogen-bond acceptors (Lipinski definition) is 2. The molecule has 0 atom stereocenters. The Morgan fingerprint density at radius 1 is 1.29 bits per heavy atom. The van der Waals surface area contributed by atoms with Crippen molar-refractivity contribution in [3.8, 4) is 0 Å². The number of methoxy groups -OCH3 is 1. The average Bonchev–Trinajstić information content (AvgIpc) is 2.18. The topological polar surface area (TPSA) is 21.3 Å². The van der Waals surface area contributed by atoms with Gasteiger partial charge in [0.2, 0.25) is 0 Å². The molecular weight excluding hydrogens is 221 g/mol. The van der Waals surface area contributed by atoms with Gasteiger partial charge >= 0.3 is 0 Å². The Kier molecular flexibility index (Phi) is 5.26. The molecule has 1 N–H and O–H groups in total.